The van der Waals surface area contributed by atoms with Crippen LogP contribution < -0.4 is 9.62 Å². The van der Waals surface area contributed by atoms with Gasteiger partial charge in [-0.3, -0.25) is 13.9 Å². The van der Waals surface area contributed by atoms with Crippen LogP contribution in [-0.2, 0) is 26.2 Å². The SMILES string of the molecule is CC[C@H](C)NC(=O)[C@H](CC)N(Cc1ccc(C)cc1)C(=O)CN(c1ccc(Cl)cc1)S(=O)(=O)c1ccccc1. The molecular formula is C30H36ClN3O4S. The molecule has 0 radical (unpaired) electrons. The summed E-state index contributed by atoms with van der Waals surface area (Å²) in [5.41, 5.74) is 2.21. The molecule has 0 bridgehead atoms. The van der Waals surface area contributed by atoms with Gasteiger partial charge in [0, 0.05) is 17.6 Å². The number of benzene rings is 3. The summed E-state index contributed by atoms with van der Waals surface area (Å²) in [6, 6.07) is 21.1. The Balaban J connectivity index is 2.03. The fourth-order valence-corrected chi connectivity index (χ4v) is 5.67. The molecule has 208 valence electrons. The number of halogens is 1. The smallest absolute Gasteiger partial charge is 0.264 e. The Hall–Kier alpha value is -3.36. The highest BCUT2D eigenvalue weighted by Gasteiger charge is 2.33. The molecule has 0 spiro atoms. The molecule has 1 N–H and O–H groups in total. The maximum absolute atomic E-state index is 14.0. The number of sulfonamides is 1. The quantitative estimate of drug-likeness (QED) is 0.309. The zero-order chi connectivity index (χ0) is 28.6. The van der Waals surface area contributed by atoms with Crippen LogP contribution in [0.5, 0.6) is 0 Å². The van der Waals surface area contributed by atoms with Crippen LogP contribution in [0.3, 0.4) is 0 Å². The van der Waals surface area contributed by atoms with E-state index in [4.69, 9.17) is 11.6 Å². The fraction of sp³-hybridized carbons (Fsp3) is 0.333. The number of anilines is 1. The topological polar surface area (TPSA) is 86.8 Å². The van der Waals surface area contributed by atoms with Crippen molar-refractivity contribution in [2.75, 3.05) is 10.8 Å². The van der Waals surface area contributed by atoms with Crippen molar-refractivity contribution < 1.29 is 18.0 Å². The number of hydrogen-bond donors (Lipinski definition) is 1. The standard InChI is InChI=1S/C30H36ClN3O4S/c1-5-23(4)32-30(36)28(6-2)33(20-24-14-12-22(3)13-15-24)29(35)21-34(26-18-16-25(31)17-19-26)39(37,38)27-10-8-7-9-11-27/h7-19,23,28H,5-6,20-21H2,1-4H3,(H,32,36)/t23-,28-/m0/s1. The van der Waals surface area contributed by atoms with Crippen LogP contribution in [0.2, 0.25) is 5.02 Å². The van der Waals surface area contributed by atoms with E-state index in [1.807, 2.05) is 52.0 Å². The van der Waals surface area contributed by atoms with Crippen LogP contribution in [0.25, 0.3) is 0 Å². The Morgan fingerprint density at radius 3 is 2.08 bits per heavy atom. The van der Waals surface area contributed by atoms with Gasteiger partial charge in [-0.05, 0) is 68.7 Å². The van der Waals surface area contributed by atoms with Crippen LogP contribution in [-0.4, -0.2) is 43.8 Å². The third-order valence-corrected chi connectivity index (χ3v) is 8.63. The number of amides is 2. The van der Waals surface area contributed by atoms with E-state index < -0.39 is 28.5 Å². The van der Waals surface area contributed by atoms with Crippen molar-refractivity contribution in [2.24, 2.45) is 0 Å². The molecule has 3 aromatic carbocycles. The first kappa shape index (κ1) is 30.2. The van der Waals surface area contributed by atoms with E-state index in [9.17, 15) is 18.0 Å². The predicted octanol–water partition coefficient (Wildman–Crippen LogP) is 5.57. The number of nitrogens with zero attached hydrogens (tertiary/aromatic N) is 2. The van der Waals surface area contributed by atoms with Crippen molar-refractivity contribution >= 4 is 39.1 Å². The summed E-state index contributed by atoms with van der Waals surface area (Å²) in [5.74, 6) is -0.757. The molecule has 3 rings (SSSR count). The first-order chi connectivity index (χ1) is 18.6. The normalized spacial score (nSPS) is 12.8. The van der Waals surface area contributed by atoms with Gasteiger partial charge in [0.2, 0.25) is 11.8 Å². The van der Waals surface area contributed by atoms with Gasteiger partial charge in [-0.2, -0.15) is 0 Å². The molecule has 39 heavy (non-hydrogen) atoms. The minimum atomic E-state index is -4.11. The number of carbonyl (C=O) groups is 2. The Bertz CT molecular complexity index is 1350. The number of hydrogen-bond acceptors (Lipinski definition) is 4. The van der Waals surface area contributed by atoms with Crippen LogP contribution in [0.1, 0.15) is 44.7 Å². The second kappa shape index (κ2) is 13.6. The Labute approximate surface area is 236 Å². The Kier molecular flexibility index (Phi) is 10.5. The number of nitrogens with one attached hydrogen (secondary N) is 1. The van der Waals surface area contributed by atoms with Crippen molar-refractivity contribution in [1.29, 1.82) is 0 Å². The highest BCUT2D eigenvalue weighted by molar-refractivity contribution is 7.92. The molecular weight excluding hydrogens is 534 g/mol. The van der Waals surface area contributed by atoms with Crippen molar-refractivity contribution in [2.45, 2.75) is 64.1 Å². The van der Waals surface area contributed by atoms with Gasteiger partial charge in [0.05, 0.1) is 10.6 Å². The average molecular weight is 570 g/mol. The summed E-state index contributed by atoms with van der Waals surface area (Å²) >= 11 is 6.07. The second-order valence-electron chi connectivity index (χ2n) is 9.55. The maximum atomic E-state index is 14.0. The van der Waals surface area contributed by atoms with E-state index in [1.165, 1.54) is 17.0 Å². The minimum absolute atomic E-state index is 0.0550. The predicted molar refractivity (Wildman–Crippen MR) is 156 cm³/mol. The number of aryl methyl sites for hydroxylation is 1. The molecule has 2 atom stereocenters. The van der Waals surface area contributed by atoms with Gasteiger partial charge in [0.25, 0.3) is 10.0 Å². The molecule has 0 aliphatic heterocycles. The van der Waals surface area contributed by atoms with Crippen LogP contribution >= 0.6 is 11.6 Å². The van der Waals surface area contributed by atoms with Gasteiger partial charge in [0.15, 0.2) is 0 Å². The lowest BCUT2D eigenvalue weighted by Crippen LogP contribution is -2.53. The molecule has 3 aromatic rings. The van der Waals surface area contributed by atoms with Crippen LogP contribution in [0.4, 0.5) is 5.69 Å². The molecule has 0 heterocycles. The number of carbonyl (C=O) groups excluding carboxylic acids is 2. The summed E-state index contributed by atoms with van der Waals surface area (Å²) < 4.78 is 28.6. The molecule has 0 aromatic heterocycles. The largest absolute Gasteiger partial charge is 0.352 e. The van der Waals surface area contributed by atoms with E-state index in [0.29, 0.717) is 17.1 Å². The zero-order valence-electron chi connectivity index (χ0n) is 22.8. The lowest BCUT2D eigenvalue weighted by Gasteiger charge is -2.33. The highest BCUT2D eigenvalue weighted by Crippen LogP contribution is 2.26. The summed E-state index contributed by atoms with van der Waals surface area (Å²) in [7, 11) is -4.11. The second-order valence-corrected chi connectivity index (χ2v) is 11.8. The third-order valence-electron chi connectivity index (χ3n) is 6.59. The molecule has 0 aliphatic rings. The van der Waals surface area contributed by atoms with E-state index >= 15 is 0 Å². The lowest BCUT2D eigenvalue weighted by atomic mass is 10.1. The first-order valence-electron chi connectivity index (χ1n) is 13.1. The van der Waals surface area contributed by atoms with Crippen molar-refractivity contribution in [3.63, 3.8) is 0 Å². The van der Waals surface area contributed by atoms with Crippen molar-refractivity contribution in [3.05, 3.63) is 95.0 Å². The molecule has 0 fully saturated rings. The summed E-state index contributed by atoms with van der Waals surface area (Å²) in [4.78, 5) is 28.8. The molecule has 2 amide bonds. The van der Waals surface area contributed by atoms with E-state index in [-0.39, 0.29) is 23.4 Å². The molecule has 0 saturated heterocycles. The van der Waals surface area contributed by atoms with Gasteiger partial charge < -0.3 is 10.2 Å². The molecule has 0 aliphatic carbocycles. The van der Waals surface area contributed by atoms with Gasteiger partial charge in [0.1, 0.15) is 12.6 Å². The fourth-order valence-electron chi connectivity index (χ4n) is 4.11. The van der Waals surface area contributed by atoms with Gasteiger partial charge in [-0.15, -0.1) is 0 Å². The van der Waals surface area contributed by atoms with Gasteiger partial charge >= 0.3 is 0 Å². The van der Waals surface area contributed by atoms with E-state index in [2.05, 4.69) is 5.32 Å². The Morgan fingerprint density at radius 2 is 1.51 bits per heavy atom. The summed E-state index contributed by atoms with van der Waals surface area (Å²) in [5, 5.41) is 3.42. The number of rotatable bonds is 12. The van der Waals surface area contributed by atoms with Gasteiger partial charge in [-0.25, -0.2) is 8.42 Å². The molecule has 0 unspecified atom stereocenters. The molecule has 9 heteroatoms. The lowest BCUT2D eigenvalue weighted by molar-refractivity contribution is -0.140. The van der Waals surface area contributed by atoms with Crippen molar-refractivity contribution in [1.82, 2.24) is 10.2 Å². The minimum Gasteiger partial charge on any atom is -0.352 e. The van der Waals surface area contributed by atoms with Crippen LogP contribution in [0.15, 0.2) is 83.8 Å². The van der Waals surface area contributed by atoms with Crippen LogP contribution in [0, 0.1) is 6.92 Å². The van der Waals surface area contributed by atoms with E-state index in [0.717, 1.165) is 21.9 Å². The average Bonchev–Trinajstić information content (AvgIpc) is 2.93. The summed E-state index contributed by atoms with van der Waals surface area (Å²) in [6.07, 6.45) is 1.11. The molecule has 0 saturated carbocycles. The van der Waals surface area contributed by atoms with E-state index in [1.54, 1.807) is 42.5 Å². The zero-order valence-corrected chi connectivity index (χ0v) is 24.4. The monoisotopic (exact) mass is 569 g/mol. The highest BCUT2D eigenvalue weighted by atomic mass is 35.5. The first-order valence-corrected chi connectivity index (χ1v) is 14.9. The Morgan fingerprint density at radius 1 is 0.897 bits per heavy atom. The van der Waals surface area contributed by atoms with Crippen molar-refractivity contribution in [3.8, 4) is 0 Å². The third kappa shape index (κ3) is 7.83. The summed E-state index contributed by atoms with van der Waals surface area (Å²) in [6.45, 7) is 7.36. The molecule has 7 nitrogen and oxygen atoms in total. The maximum Gasteiger partial charge on any atom is 0.264 e. The van der Waals surface area contributed by atoms with Gasteiger partial charge in [-0.1, -0.05) is 73.5 Å².